The fourth-order valence-corrected chi connectivity index (χ4v) is 6.19. The van der Waals surface area contributed by atoms with Gasteiger partial charge in [-0.25, -0.2) is 4.79 Å². The maximum Gasteiger partial charge on any atom is 0.416 e. The molecule has 0 aliphatic heterocycles. The lowest BCUT2D eigenvalue weighted by atomic mass is 9.85. The van der Waals surface area contributed by atoms with Crippen LogP contribution in [0.15, 0.2) is 102 Å². The molecule has 252 valence electrons. The number of aryl methyl sites for hydroxylation is 2. The molecule has 6 nitrogen and oxygen atoms in total. The highest BCUT2D eigenvalue weighted by Crippen LogP contribution is 2.41. The normalized spacial score (nSPS) is 12.8. The van der Waals surface area contributed by atoms with Gasteiger partial charge in [0.05, 0.1) is 40.3 Å². The van der Waals surface area contributed by atoms with E-state index in [0.717, 1.165) is 16.5 Å². The van der Waals surface area contributed by atoms with Gasteiger partial charge in [0.2, 0.25) is 0 Å². The Kier molecular flexibility index (Phi) is 8.74. The Morgan fingerprint density at radius 1 is 0.837 bits per heavy atom. The van der Waals surface area contributed by atoms with Gasteiger partial charge in [-0.05, 0) is 60.4 Å². The molecule has 0 radical (unpaired) electrons. The van der Waals surface area contributed by atoms with Crippen molar-refractivity contribution in [2.75, 3.05) is 6.61 Å². The number of alkyl halides is 6. The summed E-state index contributed by atoms with van der Waals surface area (Å²) in [7, 11) is 1.62. The molecule has 4 aromatic carbocycles. The van der Waals surface area contributed by atoms with Gasteiger partial charge < -0.3 is 19.4 Å². The number of halogens is 6. The molecule has 1 atom stereocenters. The number of carbonyl (C=O) groups excluding carboxylic acids is 1. The highest BCUT2D eigenvalue weighted by atomic mass is 19.4. The summed E-state index contributed by atoms with van der Waals surface area (Å²) < 4.78 is 86.6. The molecular weight excluding hydrogens is 650 g/mol. The van der Waals surface area contributed by atoms with Crippen molar-refractivity contribution in [1.82, 2.24) is 9.55 Å². The highest BCUT2D eigenvalue weighted by Gasteiger charge is 2.38. The quantitative estimate of drug-likeness (QED) is 0.0959. The first-order valence-electron chi connectivity index (χ1n) is 15.2. The number of aromatic amines is 1. The number of ether oxygens (including phenoxy) is 1. The Bertz CT molecular complexity index is 2200. The van der Waals surface area contributed by atoms with E-state index in [2.05, 4.69) is 4.98 Å². The van der Waals surface area contributed by atoms with Gasteiger partial charge in [-0.1, -0.05) is 60.7 Å². The van der Waals surface area contributed by atoms with Crippen LogP contribution in [0.4, 0.5) is 26.3 Å². The number of hydrogen-bond acceptors (Lipinski definition) is 4. The van der Waals surface area contributed by atoms with E-state index in [1.54, 1.807) is 31.3 Å². The van der Waals surface area contributed by atoms with Crippen LogP contribution in [0, 0.1) is 0 Å². The number of pyridine rings is 1. The summed E-state index contributed by atoms with van der Waals surface area (Å²) in [4.78, 5) is 30.1. The first-order chi connectivity index (χ1) is 23.3. The van der Waals surface area contributed by atoms with Crippen molar-refractivity contribution in [1.29, 1.82) is 0 Å². The van der Waals surface area contributed by atoms with Gasteiger partial charge in [-0.15, -0.1) is 0 Å². The summed E-state index contributed by atoms with van der Waals surface area (Å²) in [5.74, 6) is -2.28. The molecule has 12 heteroatoms. The van der Waals surface area contributed by atoms with Crippen LogP contribution in [-0.4, -0.2) is 27.2 Å². The summed E-state index contributed by atoms with van der Waals surface area (Å²) in [6, 6.07) is 24.0. The molecule has 2 N–H and O–H groups in total. The number of hydrogen-bond donors (Lipinski definition) is 2. The average Bonchev–Trinajstić information content (AvgIpc) is 3.44. The number of aromatic hydroxyl groups is 1. The van der Waals surface area contributed by atoms with Crippen molar-refractivity contribution in [3.63, 3.8) is 0 Å². The third-order valence-electron chi connectivity index (χ3n) is 8.50. The molecule has 0 amide bonds. The van der Waals surface area contributed by atoms with Crippen molar-refractivity contribution in [3.8, 4) is 5.75 Å². The minimum atomic E-state index is -5.11. The molecule has 6 aromatic rings. The van der Waals surface area contributed by atoms with Crippen molar-refractivity contribution in [2.24, 2.45) is 7.05 Å². The van der Waals surface area contributed by atoms with Crippen LogP contribution in [-0.2, 0) is 30.6 Å². The fourth-order valence-electron chi connectivity index (χ4n) is 6.19. The fraction of sp³-hybridized carbons (Fsp3) is 0.189. The van der Waals surface area contributed by atoms with Crippen LogP contribution in [0.1, 0.15) is 56.2 Å². The number of benzene rings is 4. The van der Waals surface area contributed by atoms with E-state index in [4.69, 9.17) is 4.74 Å². The number of nitrogens with zero attached hydrogens (tertiary/aromatic N) is 1. The minimum absolute atomic E-state index is 0.0564. The Hall–Kier alpha value is -5.52. The Morgan fingerprint density at radius 3 is 2.08 bits per heavy atom. The van der Waals surface area contributed by atoms with Crippen molar-refractivity contribution >= 4 is 27.8 Å². The van der Waals surface area contributed by atoms with Crippen molar-refractivity contribution in [2.45, 2.75) is 31.1 Å². The molecule has 2 heterocycles. The zero-order valence-electron chi connectivity index (χ0n) is 25.8. The van der Waals surface area contributed by atoms with E-state index in [1.807, 2.05) is 54.6 Å². The number of fused-ring (bicyclic) bond motifs is 2. The molecule has 0 fully saturated rings. The predicted molar refractivity (Wildman–Crippen MR) is 172 cm³/mol. The summed E-state index contributed by atoms with van der Waals surface area (Å²) in [6.07, 6.45) is -9.86. The molecule has 0 saturated carbocycles. The number of carbonyl (C=O) groups is 1. The highest BCUT2D eigenvalue weighted by molar-refractivity contribution is 5.90. The van der Waals surface area contributed by atoms with E-state index < -0.39 is 46.5 Å². The van der Waals surface area contributed by atoms with Crippen LogP contribution in [0.25, 0.3) is 21.8 Å². The maximum atomic E-state index is 14.0. The van der Waals surface area contributed by atoms with Crippen LogP contribution in [0.3, 0.4) is 0 Å². The second-order valence-electron chi connectivity index (χ2n) is 11.6. The van der Waals surface area contributed by atoms with Gasteiger partial charge in [0.25, 0.3) is 5.56 Å². The predicted octanol–water partition coefficient (Wildman–Crippen LogP) is 8.73. The van der Waals surface area contributed by atoms with E-state index in [1.165, 1.54) is 4.57 Å². The lowest BCUT2D eigenvalue weighted by molar-refractivity contribution is -0.143. The topological polar surface area (TPSA) is 84.3 Å². The van der Waals surface area contributed by atoms with E-state index in [0.29, 0.717) is 34.3 Å². The molecule has 0 aliphatic carbocycles. The molecule has 6 rings (SSSR count). The second-order valence-corrected chi connectivity index (χ2v) is 11.6. The summed E-state index contributed by atoms with van der Waals surface area (Å²) >= 11 is 0. The Morgan fingerprint density at radius 2 is 1.43 bits per heavy atom. The molecule has 49 heavy (non-hydrogen) atoms. The van der Waals surface area contributed by atoms with Gasteiger partial charge in [-0.3, -0.25) is 4.79 Å². The van der Waals surface area contributed by atoms with Gasteiger partial charge in [0.15, 0.2) is 0 Å². The molecule has 0 saturated heterocycles. The third kappa shape index (κ3) is 6.50. The summed E-state index contributed by atoms with van der Waals surface area (Å²) in [6.45, 7) is -0.325. The molecule has 0 aliphatic rings. The van der Waals surface area contributed by atoms with Crippen LogP contribution in [0.2, 0.25) is 0 Å². The molecule has 2 aromatic heterocycles. The largest absolute Gasteiger partial charge is 0.507 e. The number of aromatic nitrogens is 2. The first kappa shape index (κ1) is 33.4. The number of H-pyrrole nitrogens is 1. The smallest absolute Gasteiger partial charge is 0.416 e. The minimum Gasteiger partial charge on any atom is -0.507 e. The van der Waals surface area contributed by atoms with Crippen LogP contribution >= 0.6 is 0 Å². The maximum absolute atomic E-state index is 14.0. The SMILES string of the molecule is Cn1c(=O)c(C(c2ccccc2)c2[nH]c3ccccc3c2CCCOC(=O)c2cc(C(F)(F)F)cc(C(F)(F)F)c2)c(O)c2ccccc21. The molecule has 1 unspecified atom stereocenters. The number of rotatable bonds is 8. The van der Waals surface area contributed by atoms with E-state index >= 15 is 0 Å². The monoisotopic (exact) mass is 678 g/mol. The van der Waals surface area contributed by atoms with E-state index in [9.17, 15) is 41.0 Å². The molecule has 0 bridgehead atoms. The Balaban J connectivity index is 1.36. The first-order valence-corrected chi connectivity index (χ1v) is 15.2. The third-order valence-corrected chi connectivity index (χ3v) is 8.50. The average molecular weight is 679 g/mol. The van der Waals surface area contributed by atoms with Gasteiger partial charge in [0, 0.05) is 29.0 Å². The van der Waals surface area contributed by atoms with Crippen molar-refractivity contribution < 1.29 is 41.0 Å². The number of esters is 1. The number of nitrogens with one attached hydrogen (secondary N) is 1. The van der Waals surface area contributed by atoms with Gasteiger partial charge >= 0.3 is 18.3 Å². The van der Waals surface area contributed by atoms with Crippen molar-refractivity contribution in [3.05, 3.63) is 146 Å². The van der Waals surface area contributed by atoms with Gasteiger partial charge in [-0.2, -0.15) is 26.3 Å². The van der Waals surface area contributed by atoms with E-state index in [-0.39, 0.29) is 36.8 Å². The zero-order chi connectivity index (χ0) is 35.1. The summed E-state index contributed by atoms with van der Waals surface area (Å²) in [5, 5.41) is 12.9. The molecular formula is C37H28F6N2O4. The van der Waals surface area contributed by atoms with Gasteiger partial charge in [0.1, 0.15) is 5.75 Å². The van der Waals surface area contributed by atoms with Crippen LogP contribution < -0.4 is 5.56 Å². The standard InChI is InChI=1S/C37H28F6N2O4/c1-45-29-16-8-6-13-27(29)33(46)31(34(45)47)30(21-10-3-2-4-11-21)32-26(25-12-5-7-15-28(25)44-32)14-9-17-49-35(48)22-18-23(36(38,39)40)20-24(19-22)37(41,42)43/h2-8,10-13,15-16,18-20,30,44,46H,9,14,17H2,1H3. The lowest BCUT2D eigenvalue weighted by Gasteiger charge is -2.22. The lowest BCUT2D eigenvalue weighted by Crippen LogP contribution is -2.25. The van der Waals surface area contributed by atoms with Crippen LogP contribution in [0.5, 0.6) is 5.75 Å². The molecule has 0 spiro atoms. The summed E-state index contributed by atoms with van der Waals surface area (Å²) in [5.41, 5.74) is -1.09. The second kappa shape index (κ2) is 12.8. The number of para-hydroxylation sites is 2. The Labute approximate surface area is 275 Å². The zero-order valence-corrected chi connectivity index (χ0v) is 25.8.